The number of likely N-dealkylation sites (N-methyl/N-ethyl adjacent to an activating group) is 1. The lowest BCUT2D eigenvalue weighted by molar-refractivity contribution is -0.172. The molecule has 0 bridgehead atoms. The van der Waals surface area contributed by atoms with E-state index in [1.807, 2.05) is 6.92 Å². The molecule has 0 spiro atoms. The molecule has 16 heteroatoms. The Bertz CT molecular complexity index is 1190. The highest BCUT2D eigenvalue weighted by atomic mass is 32.3. The van der Waals surface area contributed by atoms with Gasteiger partial charge in [-0.05, 0) is 39.8 Å². The van der Waals surface area contributed by atoms with Gasteiger partial charge in [-0.25, -0.2) is 18.0 Å². The van der Waals surface area contributed by atoms with Gasteiger partial charge in [0.25, 0.3) is 20.0 Å². The quantitative estimate of drug-likeness (QED) is 0.187. The van der Waals surface area contributed by atoms with Gasteiger partial charge in [0.2, 0.25) is 0 Å². The van der Waals surface area contributed by atoms with E-state index in [4.69, 9.17) is 19.3 Å². The van der Waals surface area contributed by atoms with Crippen molar-refractivity contribution >= 4 is 49.5 Å². The monoisotopic (exact) mass is 583 g/mol. The predicted molar refractivity (Wildman–Crippen MR) is 134 cm³/mol. The summed E-state index contributed by atoms with van der Waals surface area (Å²) in [6.45, 7) is 6.92. The number of nitrogens with one attached hydrogen (secondary N) is 1. The van der Waals surface area contributed by atoms with Crippen molar-refractivity contribution < 1.29 is 45.7 Å². The van der Waals surface area contributed by atoms with Gasteiger partial charge in [0.15, 0.2) is 6.10 Å². The molecule has 4 atom stereocenters. The highest BCUT2D eigenvalue weighted by Crippen LogP contribution is 2.40. The molecular formula is C21H33N3O10S3. The first kappa shape index (κ1) is 31.3. The van der Waals surface area contributed by atoms with E-state index in [0.717, 1.165) is 6.21 Å². The van der Waals surface area contributed by atoms with Crippen molar-refractivity contribution in [2.75, 3.05) is 33.4 Å². The molecule has 1 aromatic rings. The number of carbonyl (C=O) groups is 2. The maximum Gasteiger partial charge on any atom is 0.347 e. The molecule has 2 N–H and O–H groups in total. The minimum atomic E-state index is -4.32. The van der Waals surface area contributed by atoms with Gasteiger partial charge in [-0.2, -0.15) is 17.1 Å². The molecule has 0 saturated carbocycles. The minimum Gasteiger partial charge on any atom is -0.454 e. The lowest BCUT2D eigenvalue weighted by Crippen LogP contribution is -2.43. The van der Waals surface area contributed by atoms with E-state index in [1.165, 1.54) is 38.3 Å². The fourth-order valence-corrected chi connectivity index (χ4v) is 8.13. The van der Waals surface area contributed by atoms with E-state index >= 15 is 0 Å². The summed E-state index contributed by atoms with van der Waals surface area (Å²) >= 11 is 0.610. The summed E-state index contributed by atoms with van der Waals surface area (Å²) in [4.78, 5) is 23.5. The van der Waals surface area contributed by atoms with Crippen molar-refractivity contribution in [3.05, 3.63) is 11.6 Å². The number of thiophene rings is 1. The molecule has 0 aromatic carbocycles. The van der Waals surface area contributed by atoms with Crippen molar-refractivity contribution in [2.24, 2.45) is 4.40 Å². The number of aliphatic hydroxyl groups is 1. The average Bonchev–Trinajstić information content (AvgIpc) is 3.29. The minimum absolute atomic E-state index is 0.0656. The first-order valence-electron chi connectivity index (χ1n) is 11.5. The highest BCUT2D eigenvalue weighted by Gasteiger charge is 2.40. The van der Waals surface area contributed by atoms with Crippen molar-refractivity contribution in [3.63, 3.8) is 0 Å². The van der Waals surface area contributed by atoms with Crippen LogP contribution in [0.5, 0.6) is 0 Å². The predicted octanol–water partition coefficient (Wildman–Crippen LogP) is 0.443. The van der Waals surface area contributed by atoms with E-state index in [2.05, 4.69) is 9.71 Å². The second kappa shape index (κ2) is 13.2. The van der Waals surface area contributed by atoms with E-state index in [-0.39, 0.29) is 21.5 Å². The SMILES string of the molecule is CCN[C@H]1CN(CCCOC)S(=O)(=O)c2sc(S(=O)(=O)N=CC(C)OC(=O)C(C)OC(=O)C(C)O)cc21. The zero-order valence-electron chi connectivity index (χ0n) is 21.2. The van der Waals surface area contributed by atoms with Crippen LogP contribution >= 0.6 is 11.3 Å². The van der Waals surface area contributed by atoms with E-state index in [9.17, 15) is 26.4 Å². The number of carbonyl (C=O) groups excluding carboxylic acids is 2. The molecule has 2 rings (SSSR count). The second-order valence-corrected chi connectivity index (χ2v) is 13.3. The second-order valence-electron chi connectivity index (χ2n) is 8.25. The number of nitrogens with zero attached hydrogens (tertiary/aromatic N) is 2. The molecule has 0 fully saturated rings. The molecule has 2 heterocycles. The largest absolute Gasteiger partial charge is 0.454 e. The Balaban J connectivity index is 2.22. The number of ether oxygens (including phenoxy) is 3. The Labute approximate surface area is 220 Å². The van der Waals surface area contributed by atoms with Crippen LogP contribution in [-0.4, -0.2) is 96.1 Å². The van der Waals surface area contributed by atoms with E-state index in [1.54, 1.807) is 0 Å². The Hall–Kier alpha value is -1.95. The molecule has 1 aliphatic heterocycles. The Morgan fingerprint density at radius 3 is 2.57 bits per heavy atom. The van der Waals surface area contributed by atoms with Crippen LogP contribution in [0.4, 0.5) is 0 Å². The molecule has 0 saturated heterocycles. The van der Waals surface area contributed by atoms with E-state index in [0.29, 0.717) is 36.5 Å². The first-order chi connectivity index (χ1) is 17.2. The Morgan fingerprint density at radius 1 is 1.30 bits per heavy atom. The molecule has 13 nitrogen and oxygen atoms in total. The topological polar surface area (TPSA) is 178 Å². The maximum atomic E-state index is 13.2. The molecule has 1 aromatic heterocycles. The number of hydrogen-bond acceptors (Lipinski definition) is 12. The van der Waals surface area contributed by atoms with Crippen LogP contribution in [0, 0.1) is 0 Å². The Kier molecular flexibility index (Phi) is 11.2. The summed E-state index contributed by atoms with van der Waals surface area (Å²) in [5.41, 5.74) is 0.358. The number of methoxy groups -OCH3 is 1. The molecule has 210 valence electrons. The van der Waals surface area contributed by atoms with Crippen LogP contribution in [0.1, 0.15) is 45.7 Å². The van der Waals surface area contributed by atoms with Gasteiger partial charge in [0, 0.05) is 38.4 Å². The highest BCUT2D eigenvalue weighted by molar-refractivity contribution is 7.94. The lowest BCUT2D eigenvalue weighted by Gasteiger charge is -2.32. The third kappa shape index (κ3) is 8.02. The molecule has 0 radical (unpaired) electrons. The summed E-state index contributed by atoms with van der Waals surface area (Å²) in [5.74, 6) is -1.98. The van der Waals surface area contributed by atoms with Gasteiger partial charge >= 0.3 is 11.9 Å². The number of hydrogen-bond donors (Lipinski definition) is 2. The van der Waals surface area contributed by atoms with Gasteiger partial charge in [0.1, 0.15) is 20.6 Å². The van der Waals surface area contributed by atoms with Gasteiger partial charge in [0.05, 0.1) is 6.21 Å². The van der Waals surface area contributed by atoms with Gasteiger partial charge in [-0.3, -0.25) is 0 Å². The Morgan fingerprint density at radius 2 is 1.97 bits per heavy atom. The fraction of sp³-hybridized carbons (Fsp3) is 0.667. The van der Waals surface area contributed by atoms with Crippen LogP contribution in [0.2, 0.25) is 0 Å². The zero-order chi connectivity index (χ0) is 28.0. The molecule has 3 unspecified atom stereocenters. The summed E-state index contributed by atoms with van der Waals surface area (Å²) in [7, 11) is -6.71. The van der Waals surface area contributed by atoms with Crippen molar-refractivity contribution in [2.45, 2.75) is 66.9 Å². The van der Waals surface area contributed by atoms with Crippen LogP contribution in [-0.2, 0) is 43.8 Å². The fourth-order valence-electron chi connectivity index (χ4n) is 3.32. The number of rotatable bonds is 13. The van der Waals surface area contributed by atoms with Crippen LogP contribution in [0.25, 0.3) is 0 Å². The summed E-state index contributed by atoms with van der Waals surface area (Å²) in [6, 6.07) is 0.902. The number of fused-ring (bicyclic) bond motifs is 1. The zero-order valence-corrected chi connectivity index (χ0v) is 23.7. The molecular weight excluding hydrogens is 550 g/mol. The summed E-state index contributed by atoms with van der Waals surface area (Å²) in [5, 5.41) is 12.3. The molecule has 1 aliphatic rings. The third-order valence-electron chi connectivity index (χ3n) is 5.18. The molecule has 37 heavy (non-hydrogen) atoms. The van der Waals surface area contributed by atoms with Crippen molar-refractivity contribution in [1.29, 1.82) is 0 Å². The van der Waals surface area contributed by atoms with Gasteiger partial charge < -0.3 is 24.6 Å². The standard InChI is InChI=1S/C21H33N3O10S3/c1-6-22-17-12-24(8-7-9-32-5)37(30,31)21-16(17)10-18(35-21)36(28,29)23-11-13(2)33-20(27)15(4)34-19(26)14(3)25/h10-11,13-15,17,22,25H,6-9,12H2,1-5H3/t13?,14?,15?,17-/m0/s1. The lowest BCUT2D eigenvalue weighted by atomic mass is 10.1. The number of aliphatic hydroxyl groups excluding tert-OH is 1. The summed E-state index contributed by atoms with van der Waals surface area (Å²) in [6.07, 6.45) is -2.51. The maximum absolute atomic E-state index is 13.2. The van der Waals surface area contributed by atoms with Crippen LogP contribution in [0.3, 0.4) is 0 Å². The summed E-state index contributed by atoms with van der Waals surface area (Å²) < 4.78 is 71.4. The van der Waals surface area contributed by atoms with Crippen LogP contribution in [0.15, 0.2) is 18.9 Å². The normalized spacial score (nSPS) is 20.2. The van der Waals surface area contributed by atoms with E-state index < -0.39 is 56.3 Å². The first-order valence-corrected chi connectivity index (χ1v) is 15.2. The van der Waals surface area contributed by atoms with Crippen LogP contribution < -0.4 is 5.32 Å². The smallest absolute Gasteiger partial charge is 0.347 e. The van der Waals surface area contributed by atoms with Crippen molar-refractivity contribution in [1.82, 2.24) is 9.62 Å². The number of sulfonamides is 2. The average molecular weight is 584 g/mol. The third-order valence-corrected chi connectivity index (χ3v) is 10.4. The van der Waals surface area contributed by atoms with Gasteiger partial charge in [-0.1, -0.05) is 6.92 Å². The van der Waals surface area contributed by atoms with Gasteiger partial charge in [-0.15, -0.1) is 11.3 Å². The molecule has 0 amide bonds. The van der Waals surface area contributed by atoms with Crippen molar-refractivity contribution in [3.8, 4) is 0 Å². The number of esters is 2. The molecule has 0 aliphatic carbocycles.